The Hall–Kier alpha value is -7.89. The monoisotopic (exact) mass is 739 g/mol. The van der Waals surface area contributed by atoms with Gasteiger partial charge in [0.25, 0.3) is 0 Å². The summed E-state index contributed by atoms with van der Waals surface area (Å²) in [7, 11) is 0. The van der Waals surface area contributed by atoms with Crippen LogP contribution in [-0.4, -0.2) is 23.9 Å². The number of hydrogen-bond donors (Lipinski definition) is 0. The van der Waals surface area contributed by atoms with Crippen molar-refractivity contribution in [2.24, 2.45) is 0 Å². The number of para-hydroxylation sites is 2. The third-order valence-corrected chi connectivity index (χ3v) is 11.5. The third kappa shape index (κ3) is 5.00. The van der Waals surface area contributed by atoms with Crippen LogP contribution in [0, 0.1) is 0 Å². The van der Waals surface area contributed by atoms with Gasteiger partial charge in [0.1, 0.15) is 0 Å². The zero-order valence-corrected chi connectivity index (χ0v) is 31.3. The van der Waals surface area contributed by atoms with E-state index < -0.39 is 0 Å². The van der Waals surface area contributed by atoms with Crippen LogP contribution in [0.1, 0.15) is 0 Å². The Morgan fingerprint density at radius 2 is 0.845 bits per heavy atom. The fourth-order valence-corrected chi connectivity index (χ4v) is 8.88. The molecular formula is C53H33N5. The molecule has 0 saturated carbocycles. The maximum absolute atomic E-state index is 4.96. The van der Waals surface area contributed by atoms with Crippen LogP contribution in [-0.2, 0) is 0 Å². The smallest absolute Gasteiger partial charge is 0.164 e. The lowest BCUT2D eigenvalue weighted by molar-refractivity contribution is 1.07. The molecule has 270 valence electrons. The van der Waals surface area contributed by atoms with Crippen LogP contribution < -0.4 is 0 Å². The van der Waals surface area contributed by atoms with Gasteiger partial charge in [-0.25, -0.2) is 15.0 Å². The minimum Gasteiger partial charge on any atom is -0.309 e. The van der Waals surface area contributed by atoms with Crippen LogP contribution in [0.4, 0.5) is 0 Å². The molecule has 58 heavy (non-hydrogen) atoms. The van der Waals surface area contributed by atoms with Crippen molar-refractivity contribution in [2.45, 2.75) is 0 Å². The second-order valence-electron chi connectivity index (χ2n) is 14.8. The van der Waals surface area contributed by atoms with Crippen molar-refractivity contribution in [1.29, 1.82) is 0 Å². The Morgan fingerprint density at radius 1 is 0.310 bits per heavy atom. The number of fused-ring (bicyclic) bond motifs is 12. The Morgan fingerprint density at radius 3 is 1.53 bits per heavy atom. The first-order valence-electron chi connectivity index (χ1n) is 19.6. The molecule has 5 nitrogen and oxygen atoms in total. The van der Waals surface area contributed by atoms with Crippen molar-refractivity contribution < 1.29 is 0 Å². The Balaban J connectivity index is 1.03. The van der Waals surface area contributed by atoms with Gasteiger partial charge in [0, 0.05) is 49.3 Å². The Bertz CT molecular complexity index is 3490. The van der Waals surface area contributed by atoms with Gasteiger partial charge < -0.3 is 8.97 Å². The van der Waals surface area contributed by atoms with Crippen LogP contribution in [0.3, 0.4) is 0 Å². The van der Waals surface area contributed by atoms with Gasteiger partial charge in [0.05, 0.1) is 27.6 Å². The molecule has 0 aliphatic heterocycles. The first-order chi connectivity index (χ1) is 28.8. The fourth-order valence-electron chi connectivity index (χ4n) is 8.88. The van der Waals surface area contributed by atoms with Crippen LogP contribution in [0.2, 0.25) is 0 Å². The largest absolute Gasteiger partial charge is 0.309 e. The second-order valence-corrected chi connectivity index (χ2v) is 14.8. The van der Waals surface area contributed by atoms with Crippen molar-refractivity contribution in [2.75, 3.05) is 0 Å². The number of rotatable bonds is 5. The van der Waals surface area contributed by atoms with E-state index in [4.69, 9.17) is 15.0 Å². The first kappa shape index (κ1) is 32.4. The summed E-state index contributed by atoms with van der Waals surface area (Å²) in [6, 6.07) is 71.0. The highest BCUT2D eigenvalue weighted by Crippen LogP contribution is 2.42. The van der Waals surface area contributed by atoms with Gasteiger partial charge in [0.15, 0.2) is 17.5 Å². The molecule has 0 N–H and O–H groups in total. The molecule has 0 atom stereocenters. The van der Waals surface area contributed by atoms with Gasteiger partial charge >= 0.3 is 0 Å². The van der Waals surface area contributed by atoms with E-state index in [-0.39, 0.29) is 0 Å². The van der Waals surface area contributed by atoms with E-state index in [0.717, 1.165) is 33.5 Å². The highest BCUT2D eigenvalue weighted by molar-refractivity contribution is 6.27. The molecule has 0 fully saturated rings. The van der Waals surface area contributed by atoms with Crippen LogP contribution in [0.5, 0.6) is 0 Å². The van der Waals surface area contributed by atoms with Gasteiger partial charge in [-0.15, -0.1) is 0 Å². The summed E-state index contributed by atoms with van der Waals surface area (Å²) in [5, 5.41) is 7.45. The van der Waals surface area contributed by atoms with Crippen molar-refractivity contribution in [3.63, 3.8) is 0 Å². The fraction of sp³-hybridized carbons (Fsp3) is 0. The van der Waals surface area contributed by atoms with E-state index >= 15 is 0 Å². The summed E-state index contributed by atoms with van der Waals surface area (Å²) in [5.74, 6) is 1.94. The molecule has 4 heterocycles. The van der Waals surface area contributed by atoms with Crippen molar-refractivity contribution in [3.8, 4) is 51.0 Å². The molecule has 12 aromatic rings. The predicted molar refractivity (Wildman–Crippen MR) is 239 cm³/mol. The number of nitrogens with zero attached hydrogens (tertiary/aromatic N) is 5. The van der Waals surface area contributed by atoms with E-state index in [0.29, 0.717) is 17.5 Å². The van der Waals surface area contributed by atoms with Crippen molar-refractivity contribution in [3.05, 3.63) is 200 Å². The van der Waals surface area contributed by atoms with Gasteiger partial charge in [-0.05, 0) is 52.9 Å². The minimum atomic E-state index is 0.641. The van der Waals surface area contributed by atoms with Crippen LogP contribution in [0.25, 0.3) is 111 Å². The lowest BCUT2D eigenvalue weighted by Gasteiger charge is -2.15. The summed E-state index contributed by atoms with van der Waals surface area (Å²) < 4.78 is 4.92. The number of pyridine rings is 1. The molecular weight excluding hydrogens is 707 g/mol. The van der Waals surface area contributed by atoms with E-state index in [9.17, 15) is 0 Å². The Labute approximate surface area is 333 Å². The quantitative estimate of drug-likeness (QED) is 0.165. The number of aromatic nitrogens is 5. The molecule has 0 aliphatic carbocycles. The lowest BCUT2D eigenvalue weighted by Crippen LogP contribution is -2.00. The average Bonchev–Trinajstić information content (AvgIpc) is 3.86. The predicted octanol–water partition coefficient (Wildman–Crippen LogP) is 13.3. The van der Waals surface area contributed by atoms with Gasteiger partial charge in [-0.1, -0.05) is 164 Å². The topological polar surface area (TPSA) is 48.0 Å². The second kappa shape index (κ2) is 12.8. The zero-order chi connectivity index (χ0) is 38.2. The van der Waals surface area contributed by atoms with Gasteiger partial charge in [-0.3, -0.25) is 0 Å². The third-order valence-electron chi connectivity index (χ3n) is 11.5. The van der Waals surface area contributed by atoms with Crippen molar-refractivity contribution in [1.82, 2.24) is 23.9 Å². The average molecular weight is 740 g/mol. The normalized spacial score (nSPS) is 11.8. The standard InChI is InChI=1S/C53H33N5/c1-3-14-35(15-4-1)51-54-52(36-16-5-2-6-17-36)56-53(55-51)37-28-26-34(27-29-37)38-19-13-20-40(32-38)57-46-25-12-10-22-42(46)44-30-31-47-49(50(44)57)43-23-9-8-21-41(43)48-33-39-18-7-11-24-45(39)58(47)48/h1-33H. The zero-order valence-electron chi connectivity index (χ0n) is 31.3. The number of hydrogen-bond acceptors (Lipinski definition) is 3. The molecule has 0 aliphatic rings. The molecule has 0 bridgehead atoms. The highest BCUT2D eigenvalue weighted by atomic mass is 15.0. The number of benzene rings is 8. The summed E-state index contributed by atoms with van der Waals surface area (Å²) in [6.45, 7) is 0. The molecule has 0 amide bonds. The van der Waals surface area contributed by atoms with E-state index in [1.54, 1.807) is 0 Å². The lowest BCUT2D eigenvalue weighted by atomic mass is 10.0. The minimum absolute atomic E-state index is 0.641. The molecule has 12 rings (SSSR count). The summed E-state index contributed by atoms with van der Waals surface area (Å²) in [5.41, 5.74) is 12.2. The molecule has 0 radical (unpaired) electrons. The maximum Gasteiger partial charge on any atom is 0.164 e. The first-order valence-corrected chi connectivity index (χ1v) is 19.6. The molecule has 0 saturated heterocycles. The molecule has 4 aromatic heterocycles. The SMILES string of the molecule is c1ccc(-c2nc(-c3ccccc3)nc(-c3ccc(-c4cccc(-n5c6ccccc6c6ccc7c(c8ccccc8c8cc9ccccc9n87)c65)c4)cc3)n2)cc1. The molecule has 8 aromatic carbocycles. The summed E-state index contributed by atoms with van der Waals surface area (Å²) in [6.07, 6.45) is 0. The van der Waals surface area contributed by atoms with Crippen molar-refractivity contribution >= 4 is 59.9 Å². The van der Waals surface area contributed by atoms with E-state index in [1.165, 1.54) is 59.9 Å². The summed E-state index contributed by atoms with van der Waals surface area (Å²) in [4.78, 5) is 14.8. The maximum atomic E-state index is 4.96. The van der Waals surface area contributed by atoms with E-state index in [2.05, 4.69) is 148 Å². The van der Waals surface area contributed by atoms with Gasteiger partial charge in [-0.2, -0.15) is 0 Å². The molecule has 0 unspecified atom stereocenters. The molecule has 0 spiro atoms. The van der Waals surface area contributed by atoms with Crippen LogP contribution >= 0.6 is 0 Å². The van der Waals surface area contributed by atoms with E-state index in [1.807, 2.05) is 60.7 Å². The van der Waals surface area contributed by atoms with Gasteiger partial charge in [0.2, 0.25) is 0 Å². The molecule has 5 heteroatoms. The Kier molecular flexibility index (Phi) is 7.16. The summed E-state index contributed by atoms with van der Waals surface area (Å²) >= 11 is 0. The highest BCUT2D eigenvalue weighted by Gasteiger charge is 2.20. The van der Waals surface area contributed by atoms with Crippen LogP contribution in [0.15, 0.2) is 200 Å².